The number of carbonyl (C=O) groups is 3. The fourth-order valence-electron chi connectivity index (χ4n) is 6.67. The Morgan fingerprint density at radius 2 is 0.619 bits per heavy atom. The predicted molar refractivity (Wildman–Crippen MR) is 270 cm³/mol. The molecular formula is C57H94O6. The lowest BCUT2D eigenvalue weighted by Crippen LogP contribution is -2.30. The van der Waals surface area contributed by atoms with Gasteiger partial charge in [0.15, 0.2) is 6.10 Å². The second-order valence-corrected chi connectivity index (χ2v) is 16.7. The van der Waals surface area contributed by atoms with Crippen LogP contribution in [-0.4, -0.2) is 37.2 Å². The van der Waals surface area contributed by atoms with Crippen LogP contribution < -0.4 is 0 Å². The van der Waals surface area contributed by atoms with Crippen LogP contribution >= 0.6 is 0 Å². The van der Waals surface area contributed by atoms with E-state index in [1.54, 1.807) is 0 Å². The summed E-state index contributed by atoms with van der Waals surface area (Å²) in [6, 6.07) is 0. The van der Waals surface area contributed by atoms with Crippen molar-refractivity contribution in [2.75, 3.05) is 13.2 Å². The van der Waals surface area contributed by atoms with Crippen LogP contribution in [0.3, 0.4) is 0 Å². The third kappa shape index (κ3) is 49.2. The van der Waals surface area contributed by atoms with E-state index in [-0.39, 0.29) is 31.1 Å². The van der Waals surface area contributed by atoms with E-state index in [2.05, 4.69) is 118 Å². The molecule has 6 heteroatoms. The SMILES string of the molecule is CC/C=C\C/C=C\C/C=C\C/C=C\CCCCC(=O)OC[C@H](COC(=O)CCCCCC/C=C\C/C=C\C/C=C\CCCCC)OC(=O)CCCCCCC/C=C\CCCCCC. The van der Waals surface area contributed by atoms with Crippen molar-refractivity contribution >= 4 is 17.9 Å². The van der Waals surface area contributed by atoms with E-state index in [0.717, 1.165) is 122 Å². The van der Waals surface area contributed by atoms with Gasteiger partial charge in [0.1, 0.15) is 13.2 Å². The molecule has 0 aliphatic carbocycles. The molecular weight excluding hydrogens is 781 g/mol. The highest BCUT2D eigenvalue weighted by Gasteiger charge is 2.19. The molecule has 0 aromatic heterocycles. The topological polar surface area (TPSA) is 78.9 Å². The summed E-state index contributed by atoms with van der Waals surface area (Å²) in [5.41, 5.74) is 0. The molecule has 0 heterocycles. The van der Waals surface area contributed by atoms with Crippen molar-refractivity contribution in [2.45, 2.75) is 232 Å². The maximum Gasteiger partial charge on any atom is 0.306 e. The zero-order valence-corrected chi connectivity index (χ0v) is 40.8. The Hall–Kier alpha value is -3.67. The van der Waals surface area contributed by atoms with E-state index in [1.807, 2.05) is 0 Å². The van der Waals surface area contributed by atoms with Crippen LogP contribution in [0.2, 0.25) is 0 Å². The van der Waals surface area contributed by atoms with E-state index in [9.17, 15) is 14.4 Å². The Labute approximate surface area is 387 Å². The predicted octanol–water partition coefficient (Wildman–Crippen LogP) is 17.0. The third-order valence-electron chi connectivity index (χ3n) is 10.5. The number of unbranched alkanes of at least 4 members (excludes halogenated alkanes) is 18. The molecule has 0 rings (SSSR count). The molecule has 0 bridgehead atoms. The highest BCUT2D eigenvalue weighted by atomic mass is 16.6. The van der Waals surface area contributed by atoms with Crippen molar-refractivity contribution in [3.05, 3.63) is 97.2 Å². The number of hydrogen-bond acceptors (Lipinski definition) is 6. The first kappa shape index (κ1) is 59.3. The second kappa shape index (κ2) is 51.0. The van der Waals surface area contributed by atoms with Gasteiger partial charge in [-0.3, -0.25) is 14.4 Å². The number of hydrogen-bond donors (Lipinski definition) is 0. The van der Waals surface area contributed by atoms with Gasteiger partial charge in [0.05, 0.1) is 0 Å². The molecule has 358 valence electrons. The molecule has 0 saturated carbocycles. The van der Waals surface area contributed by atoms with Gasteiger partial charge in [0.2, 0.25) is 0 Å². The zero-order chi connectivity index (χ0) is 45.8. The summed E-state index contributed by atoms with van der Waals surface area (Å²) in [4.78, 5) is 38.0. The molecule has 0 aromatic rings. The Morgan fingerprint density at radius 3 is 1.05 bits per heavy atom. The molecule has 0 aliphatic rings. The maximum atomic E-state index is 12.8. The third-order valence-corrected chi connectivity index (χ3v) is 10.5. The Bertz CT molecular complexity index is 1280. The summed E-state index contributed by atoms with van der Waals surface area (Å²) in [6.07, 6.45) is 66.7. The van der Waals surface area contributed by atoms with Crippen LogP contribution in [-0.2, 0) is 28.6 Å². The monoisotopic (exact) mass is 875 g/mol. The van der Waals surface area contributed by atoms with E-state index in [0.29, 0.717) is 19.3 Å². The molecule has 0 spiro atoms. The number of rotatable bonds is 45. The van der Waals surface area contributed by atoms with Gasteiger partial charge in [0, 0.05) is 19.3 Å². The van der Waals surface area contributed by atoms with Crippen LogP contribution in [0, 0.1) is 0 Å². The van der Waals surface area contributed by atoms with Crippen molar-refractivity contribution in [2.24, 2.45) is 0 Å². The van der Waals surface area contributed by atoms with Crippen LogP contribution in [0.25, 0.3) is 0 Å². The molecule has 0 fully saturated rings. The van der Waals surface area contributed by atoms with Gasteiger partial charge in [-0.2, -0.15) is 0 Å². The van der Waals surface area contributed by atoms with E-state index < -0.39 is 6.10 Å². The number of esters is 3. The minimum atomic E-state index is -0.808. The Balaban J connectivity index is 4.51. The van der Waals surface area contributed by atoms with Gasteiger partial charge in [-0.25, -0.2) is 0 Å². The average molecular weight is 875 g/mol. The number of ether oxygens (including phenoxy) is 3. The minimum Gasteiger partial charge on any atom is -0.462 e. The van der Waals surface area contributed by atoms with Gasteiger partial charge in [-0.05, 0) is 122 Å². The molecule has 0 radical (unpaired) electrons. The van der Waals surface area contributed by atoms with Crippen molar-refractivity contribution < 1.29 is 28.6 Å². The molecule has 0 amide bonds. The largest absolute Gasteiger partial charge is 0.462 e. The highest BCUT2D eigenvalue weighted by Crippen LogP contribution is 2.12. The van der Waals surface area contributed by atoms with Crippen LogP contribution in [0.1, 0.15) is 226 Å². The van der Waals surface area contributed by atoms with Crippen molar-refractivity contribution in [1.82, 2.24) is 0 Å². The minimum absolute atomic E-state index is 0.107. The normalized spacial score (nSPS) is 12.9. The summed E-state index contributed by atoms with van der Waals surface area (Å²) >= 11 is 0. The van der Waals surface area contributed by atoms with Gasteiger partial charge >= 0.3 is 17.9 Å². The molecule has 0 unspecified atom stereocenters. The smallest absolute Gasteiger partial charge is 0.306 e. The fraction of sp³-hybridized carbons (Fsp3) is 0.667. The fourth-order valence-corrected chi connectivity index (χ4v) is 6.67. The van der Waals surface area contributed by atoms with Crippen molar-refractivity contribution in [3.8, 4) is 0 Å². The van der Waals surface area contributed by atoms with Crippen LogP contribution in [0.4, 0.5) is 0 Å². The van der Waals surface area contributed by atoms with E-state index in [1.165, 1.54) is 64.2 Å². The first-order valence-electron chi connectivity index (χ1n) is 25.7. The summed E-state index contributed by atoms with van der Waals surface area (Å²) in [5, 5.41) is 0. The molecule has 1 atom stereocenters. The van der Waals surface area contributed by atoms with Crippen LogP contribution in [0.5, 0.6) is 0 Å². The summed E-state index contributed by atoms with van der Waals surface area (Å²) in [7, 11) is 0. The lowest BCUT2D eigenvalue weighted by Gasteiger charge is -2.18. The number of allylic oxidation sites excluding steroid dienone is 16. The summed E-state index contributed by atoms with van der Waals surface area (Å²) < 4.78 is 16.7. The van der Waals surface area contributed by atoms with Gasteiger partial charge in [0.25, 0.3) is 0 Å². The second-order valence-electron chi connectivity index (χ2n) is 16.7. The lowest BCUT2D eigenvalue weighted by atomic mass is 10.1. The maximum absolute atomic E-state index is 12.8. The van der Waals surface area contributed by atoms with Crippen molar-refractivity contribution in [3.63, 3.8) is 0 Å². The van der Waals surface area contributed by atoms with Gasteiger partial charge in [-0.15, -0.1) is 0 Å². The first-order chi connectivity index (χ1) is 31.0. The van der Waals surface area contributed by atoms with Gasteiger partial charge < -0.3 is 14.2 Å². The first-order valence-corrected chi connectivity index (χ1v) is 25.7. The van der Waals surface area contributed by atoms with Crippen LogP contribution in [0.15, 0.2) is 97.2 Å². The van der Waals surface area contributed by atoms with E-state index in [4.69, 9.17) is 14.2 Å². The average Bonchev–Trinajstić information content (AvgIpc) is 3.28. The Kier molecular flexibility index (Phi) is 48.0. The Morgan fingerprint density at radius 1 is 0.333 bits per heavy atom. The van der Waals surface area contributed by atoms with Gasteiger partial charge in [-0.1, -0.05) is 182 Å². The molecule has 6 nitrogen and oxygen atoms in total. The molecule has 0 saturated heterocycles. The molecule has 0 aliphatic heterocycles. The highest BCUT2D eigenvalue weighted by molar-refractivity contribution is 5.71. The standard InChI is InChI=1S/C57H94O6/c1-4-7-10-13-16-19-22-25-27-28-30-33-35-38-41-44-47-50-56(59)62-53-54(63-57(60)51-48-45-42-39-36-31-24-21-18-15-12-9-6-3)52-61-55(58)49-46-43-40-37-34-32-29-26-23-20-17-14-11-8-5-2/h8,11,16-17,19-21,24-27,29-30,33-34,37,54H,4-7,9-10,12-15,18,22-23,28,31-32,35-36,38-53H2,1-3H3/b11-8-,19-16-,20-17-,24-21-,27-25-,29-26-,33-30-,37-34-/t54-/m1/s1. The molecule has 0 N–H and O–H groups in total. The quantitative estimate of drug-likeness (QED) is 0.0262. The number of carbonyl (C=O) groups excluding carboxylic acids is 3. The van der Waals surface area contributed by atoms with Crippen molar-refractivity contribution in [1.29, 1.82) is 0 Å². The molecule has 63 heavy (non-hydrogen) atoms. The molecule has 0 aromatic carbocycles. The summed E-state index contributed by atoms with van der Waals surface area (Å²) in [6.45, 7) is 6.40. The lowest BCUT2D eigenvalue weighted by molar-refractivity contribution is -0.167. The summed E-state index contributed by atoms with van der Waals surface area (Å²) in [5.74, 6) is -0.982. The van der Waals surface area contributed by atoms with E-state index >= 15 is 0 Å². The zero-order valence-electron chi connectivity index (χ0n) is 40.8.